The van der Waals surface area contributed by atoms with Gasteiger partial charge in [-0.15, -0.1) is 0 Å². The molecule has 1 fully saturated rings. The van der Waals surface area contributed by atoms with Crippen LogP contribution < -0.4 is 10.2 Å². The van der Waals surface area contributed by atoms with Crippen molar-refractivity contribution in [2.24, 2.45) is 5.92 Å². The van der Waals surface area contributed by atoms with Gasteiger partial charge in [0.05, 0.1) is 19.1 Å². The second-order valence-corrected chi connectivity index (χ2v) is 4.54. The van der Waals surface area contributed by atoms with Gasteiger partial charge < -0.3 is 15.0 Å². The predicted octanol–water partition coefficient (Wildman–Crippen LogP) is 1.27. The summed E-state index contributed by atoms with van der Waals surface area (Å²) in [5, 5.41) is 3.31. The molecule has 0 aliphatic carbocycles. The molecule has 0 spiro atoms. The molecule has 1 aliphatic heterocycles. The van der Waals surface area contributed by atoms with Gasteiger partial charge in [-0.1, -0.05) is 25.1 Å². The molecule has 0 bridgehead atoms. The van der Waals surface area contributed by atoms with Gasteiger partial charge in [-0.25, -0.2) is 0 Å². The van der Waals surface area contributed by atoms with E-state index >= 15 is 0 Å². The van der Waals surface area contributed by atoms with Gasteiger partial charge >= 0.3 is 0 Å². The number of para-hydroxylation sites is 1. The molecule has 0 aromatic heterocycles. The van der Waals surface area contributed by atoms with E-state index in [0.29, 0.717) is 13.2 Å². The Balaban J connectivity index is 2.06. The molecule has 1 aromatic carbocycles. The van der Waals surface area contributed by atoms with Crippen LogP contribution in [0.3, 0.4) is 0 Å². The molecule has 2 unspecified atom stereocenters. The summed E-state index contributed by atoms with van der Waals surface area (Å²) < 4.78 is 5.42. The van der Waals surface area contributed by atoms with E-state index in [-0.39, 0.29) is 17.9 Å². The summed E-state index contributed by atoms with van der Waals surface area (Å²) in [5.74, 6) is 0.0276. The molecule has 0 radical (unpaired) electrons. The molecule has 4 heteroatoms. The van der Waals surface area contributed by atoms with E-state index in [1.165, 1.54) is 0 Å². The first kappa shape index (κ1) is 13.1. The van der Waals surface area contributed by atoms with Gasteiger partial charge in [-0.05, 0) is 18.7 Å². The van der Waals surface area contributed by atoms with Crippen molar-refractivity contribution < 1.29 is 9.53 Å². The molecule has 1 aromatic rings. The normalized spacial score (nSPS) is 23.0. The summed E-state index contributed by atoms with van der Waals surface area (Å²) in [6, 6.07) is 9.83. The summed E-state index contributed by atoms with van der Waals surface area (Å²) in [4.78, 5) is 14.1. The van der Waals surface area contributed by atoms with Crippen molar-refractivity contribution in [1.82, 2.24) is 5.32 Å². The van der Waals surface area contributed by atoms with Crippen molar-refractivity contribution in [2.45, 2.75) is 13.0 Å². The summed E-state index contributed by atoms with van der Waals surface area (Å²) in [6.45, 7) is 4.02. The smallest absolute Gasteiger partial charge is 0.233 e. The summed E-state index contributed by atoms with van der Waals surface area (Å²) in [5.41, 5.74) is 0.921. The molecule has 1 N–H and O–H groups in total. The Morgan fingerprint density at radius 2 is 2.11 bits per heavy atom. The van der Waals surface area contributed by atoms with E-state index in [2.05, 4.69) is 5.32 Å². The van der Waals surface area contributed by atoms with E-state index in [0.717, 1.165) is 12.2 Å². The molecule has 1 amide bonds. The number of hydrogen-bond acceptors (Lipinski definition) is 3. The van der Waals surface area contributed by atoms with Crippen molar-refractivity contribution in [1.29, 1.82) is 0 Å². The van der Waals surface area contributed by atoms with Gasteiger partial charge in [0.15, 0.2) is 0 Å². The predicted molar refractivity (Wildman–Crippen MR) is 71.6 cm³/mol. The molecular formula is C14H20N2O2. The first-order valence-corrected chi connectivity index (χ1v) is 6.37. The lowest BCUT2D eigenvalue weighted by Gasteiger charge is -2.24. The minimum Gasteiger partial charge on any atom is -0.379 e. The van der Waals surface area contributed by atoms with Crippen LogP contribution in [-0.2, 0) is 9.53 Å². The second kappa shape index (κ2) is 5.98. The maximum absolute atomic E-state index is 12.4. The van der Waals surface area contributed by atoms with E-state index in [1.807, 2.05) is 44.3 Å². The van der Waals surface area contributed by atoms with Crippen molar-refractivity contribution in [2.75, 3.05) is 31.7 Å². The molecule has 1 heterocycles. The zero-order chi connectivity index (χ0) is 13.0. The van der Waals surface area contributed by atoms with Gasteiger partial charge in [-0.2, -0.15) is 0 Å². The fourth-order valence-corrected chi connectivity index (χ4v) is 2.29. The van der Waals surface area contributed by atoms with Crippen LogP contribution in [0.2, 0.25) is 0 Å². The highest BCUT2D eigenvalue weighted by atomic mass is 16.5. The van der Waals surface area contributed by atoms with Gasteiger partial charge in [-0.3, -0.25) is 4.79 Å². The minimum atomic E-state index is -0.0878. The SMILES string of the molecule is CCNC1COCC1C(=O)N(C)c1ccccc1. The van der Waals surface area contributed by atoms with E-state index in [9.17, 15) is 4.79 Å². The van der Waals surface area contributed by atoms with Crippen molar-refractivity contribution >= 4 is 11.6 Å². The van der Waals surface area contributed by atoms with Crippen LogP contribution in [0.1, 0.15) is 6.92 Å². The number of carbonyl (C=O) groups is 1. The number of carbonyl (C=O) groups excluding carboxylic acids is 1. The lowest BCUT2D eigenvalue weighted by atomic mass is 10.0. The zero-order valence-electron chi connectivity index (χ0n) is 10.9. The Morgan fingerprint density at radius 3 is 2.78 bits per heavy atom. The maximum atomic E-state index is 12.4. The molecular weight excluding hydrogens is 228 g/mol. The Hall–Kier alpha value is -1.39. The second-order valence-electron chi connectivity index (χ2n) is 4.54. The summed E-state index contributed by atoms with van der Waals surface area (Å²) in [7, 11) is 1.82. The average Bonchev–Trinajstić information content (AvgIpc) is 2.87. The van der Waals surface area contributed by atoms with Crippen molar-refractivity contribution in [3.8, 4) is 0 Å². The van der Waals surface area contributed by atoms with Crippen LogP contribution in [-0.4, -0.2) is 38.8 Å². The third-order valence-corrected chi connectivity index (χ3v) is 3.34. The Morgan fingerprint density at radius 1 is 1.39 bits per heavy atom. The third kappa shape index (κ3) is 2.71. The fourth-order valence-electron chi connectivity index (χ4n) is 2.29. The number of ether oxygens (including phenoxy) is 1. The summed E-state index contributed by atoms with van der Waals surface area (Å²) in [6.07, 6.45) is 0. The standard InChI is InChI=1S/C14H20N2O2/c1-3-15-13-10-18-9-12(13)14(17)16(2)11-7-5-4-6-8-11/h4-8,12-13,15H,3,9-10H2,1-2H3. The van der Waals surface area contributed by atoms with E-state index < -0.39 is 0 Å². The van der Waals surface area contributed by atoms with Gasteiger partial charge in [0.2, 0.25) is 5.91 Å². The molecule has 4 nitrogen and oxygen atoms in total. The van der Waals surface area contributed by atoms with E-state index in [4.69, 9.17) is 4.74 Å². The number of hydrogen-bond donors (Lipinski definition) is 1. The number of likely N-dealkylation sites (N-methyl/N-ethyl adjacent to an activating group) is 1. The highest BCUT2D eigenvalue weighted by Crippen LogP contribution is 2.20. The minimum absolute atomic E-state index is 0.0878. The summed E-state index contributed by atoms with van der Waals surface area (Å²) >= 11 is 0. The van der Waals surface area contributed by atoms with E-state index in [1.54, 1.807) is 4.90 Å². The Bertz CT molecular complexity index is 394. The maximum Gasteiger partial charge on any atom is 0.233 e. The van der Waals surface area contributed by atoms with Crippen molar-refractivity contribution in [3.63, 3.8) is 0 Å². The number of amides is 1. The molecule has 2 atom stereocenters. The van der Waals surface area contributed by atoms with Crippen LogP contribution in [0, 0.1) is 5.92 Å². The van der Waals surface area contributed by atoms with Gasteiger partial charge in [0.25, 0.3) is 0 Å². The number of nitrogens with one attached hydrogen (secondary N) is 1. The fraction of sp³-hybridized carbons (Fsp3) is 0.500. The molecule has 18 heavy (non-hydrogen) atoms. The topological polar surface area (TPSA) is 41.6 Å². The highest BCUT2D eigenvalue weighted by molar-refractivity contribution is 5.95. The monoisotopic (exact) mass is 248 g/mol. The third-order valence-electron chi connectivity index (χ3n) is 3.34. The lowest BCUT2D eigenvalue weighted by Crippen LogP contribution is -2.44. The zero-order valence-corrected chi connectivity index (χ0v) is 10.9. The molecule has 2 rings (SSSR count). The molecule has 0 saturated carbocycles. The first-order chi connectivity index (χ1) is 8.74. The van der Waals surface area contributed by atoms with Crippen LogP contribution in [0.25, 0.3) is 0 Å². The van der Waals surface area contributed by atoms with Crippen LogP contribution >= 0.6 is 0 Å². The van der Waals surface area contributed by atoms with Crippen LogP contribution in [0.4, 0.5) is 5.69 Å². The number of anilines is 1. The molecule has 1 aliphatic rings. The highest BCUT2D eigenvalue weighted by Gasteiger charge is 2.35. The Labute approximate surface area is 108 Å². The number of benzene rings is 1. The number of nitrogens with zero attached hydrogens (tertiary/aromatic N) is 1. The average molecular weight is 248 g/mol. The molecule has 1 saturated heterocycles. The molecule has 98 valence electrons. The quantitative estimate of drug-likeness (QED) is 0.872. The van der Waals surface area contributed by atoms with Gasteiger partial charge in [0.1, 0.15) is 0 Å². The van der Waals surface area contributed by atoms with Gasteiger partial charge in [0, 0.05) is 18.8 Å². The first-order valence-electron chi connectivity index (χ1n) is 6.37. The lowest BCUT2D eigenvalue weighted by molar-refractivity contribution is -0.122. The largest absolute Gasteiger partial charge is 0.379 e. The van der Waals surface area contributed by atoms with Crippen molar-refractivity contribution in [3.05, 3.63) is 30.3 Å². The number of rotatable bonds is 4. The Kier molecular flexibility index (Phi) is 4.33. The van der Waals surface area contributed by atoms with Crippen LogP contribution in [0.5, 0.6) is 0 Å². The van der Waals surface area contributed by atoms with Crippen LogP contribution in [0.15, 0.2) is 30.3 Å².